The van der Waals surface area contributed by atoms with Gasteiger partial charge in [-0.15, -0.1) is 5.10 Å². The summed E-state index contributed by atoms with van der Waals surface area (Å²) in [4.78, 5) is 13.0. The second-order valence-electron chi connectivity index (χ2n) is 7.10. The van der Waals surface area contributed by atoms with Crippen LogP contribution >= 0.6 is 0 Å². The molecule has 4 aromatic rings. The number of carbonyl (C=O) groups is 1. The summed E-state index contributed by atoms with van der Waals surface area (Å²) in [5, 5.41) is 8.46. The van der Waals surface area contributed by atoms with Crippen molar-refractivity contribution >= 4 is 17.7 Å². The Morgan fingerprint density at radius 2 is 1.25 bits per heavy atom. The number of ketones is 1. The van der Waals surface area contributed by atoms with Crippen LogP contribution in [-0.4, -0.2) is 17.7 Å². The zero-order valence-electron chi connectivity index (χ0n) is 17.5. The van der Waals surface area contributed by atoms with Crippen LogP contribution in [0.25, 0.3) is 0 Å². The van der Waals surface area contributed by atoms with Gasteiger partial charge < -0.3 is 4.74 Å². The first-order valence-corrected chi connectivity index (χ1v) is 10.3. The zero-order valence-corrected chi connectivity index (χ0v) is 17.5. The van der Waals surface area contributed by atoms with E-state index in [1.54, 1.807) is 18.3 Å². The minimum atomic E-state index is -0.168. The van der Waals surface area contributed by atoms with Crippen molar-refractivity contribution in [2.24, 2.45) is 10.2 Å². The van der Waals surface area contributed by atoms with Crippen LogP contribution in [0.15, 0.2) is 125 Å². The van der Waals surface area contributed by atoms with Crippen molar-refractivity contribution in [2.45, 2.75) is 6.61 Å². The predicted molar refractivity (Wildman–Crippen MR) is 129 cm³/mol. The van der Waals surface area contributed by atoms with Gasteiger partial charge in [0.05, 0.1) is 6.21 Å². The number of hydrogen-bond donors (Lipinski definition) is 0. The highest BCUT2D eigenvalue weighted by Gasteiger charge is 2.15. The van der Waals surface area contributed by atoms with Crippen LogP contribution in [0.4, 0.5) is 0 Å². The number of nitrogens with zero attached hydrogens (tertiary/aromatic N) is 2. The molecule has 0 bridgehead atoms. The van der Waals surface area contributed by atoms with E-state index in [9.17, 15) is 4.79 Å². The lowest BCUT2D eigenvalue weighted by atomic mass is 10.0. The first kappa shape index (κ1) is 20.9. The summed E-state index contributed by atoms with van der Waals surface area (Å²) >= 11 is 0. The normalized spacial score (nSPS) is 11.4. The third kappa shape index (κ3) is 5.64. The molecule has 0 saturated carbocycles. The number of hydrogen-bond acceptors (Lipinski definition) is 4. The van der Waals surface area contributed by atoms with Gasteiger partial charge in [-0.05, 0) is 35.4 Å². The Labute approximate surface area is 187 Å². The average Bonchev–Trinajstić information content (AvgIpc) is 2.87. The maximum Gasteiger partial charge on any atom is 0.213 e. The van der Waals surface area contributed by atoms with Gasteiger partial charge in [-0.3, -0.25) is 4.79 Å². The molecule has 32 heavy (non-hydrogen) atoms. The van der Waals surface area contributed by atoms with E-state index in [0.29, 0.717) is 17.9 Å². The lowest BCUT2D eigenvalue weighted by Crippen LogP contribution is -2.15. The molecule has 0 spiro atoms. The molecule has 0 aliphatic rings. The Bertz CT molecular complexity index is 1200. The van der Waals surface area contributed by atoms with E-state index < -0.39 is 0 Å². The number of ether oxygens (including phenoxy) is 1. The maximum absolute atomic E-state index is 13.0. The zero-order chi connectivity index (χ0) is 22.0. The Morgan fingerprint density at radius 3 is 1.88 bits per heavy atom. The fourth-order valence-corrected chi connectivity index (χ4v) is 3.10. The van der Waals surface area contributed by atoms with E-state index in [-0.39, 0.29) is 5.78 Å². The Morgan fingerprint density at radius 1 is 0.688 bits per heavy atom. The quantitative estimate of drug-likeness (QED) is 0.201. The first-order valence-electron chi connectivity index (χ1n) is 10.3. The molecule has 0 amide bonds. The molecule has 0 aliphatic heterocycles. The van der Waals surface area contributed by atoms with Gasteiger partial charge >= 0.3 is 0 Å². The van der Waals surface area contributed by atoms with Gasteiger partial charge in [0, 0.05) is 11.1 Å². The molecular formula is C28H22N2O2. The molecule has 4 rings (SSSR count). The minimum Gasteiger partial charge on any atom is -0.489 e. The number of benzene rings is 4. The monoisotopic (exact) mass is 418 g/mol. The molecule has 0 unspecified atom stereocenters. The first-order chi connectivity index (χ1) is 15.8. The van der Waals surface area contributed by atoms with Crippen LogP contribution < -0.4 is 4.74 Å². The summed E-state index contributed by atoms with van der Waals surface area (Å²) in [7, 11) is 0. The lowest BCUT2D eigenvalue weighted by molar-refractivity contribution is 0.106. The molecule has 0 N–H and O–H groups in total. The van der Waals surface area contributed by atoms with Crippen LogP contribution in [-0.2, 0) is 6.61 Å². The molecule has 0 heterocycles. The Balaban J connectivity index is 1.48. The van der Waals surface area contributed by atoms with Crippen molar-refractivity contribution in [3.8, 4) is 5.75 Å². The third-order valence-corrected chi connectivity index (χ3v) is 4.79. The number of carbonyl (C=O) groups excluding carboxylic acids is 1. The summed E-state index contributed by atoms with van der Waals surface area (Å²) in [6.45, 7) is 0.514. The number of Topliss-reactive ketones (excluding diaryl/α,β-unsaturated/α-hetero) is 1. The van der Waals surface area contributed by atoms with Crippen molar-refractivity contribution in [3.63, 3.8) is 0 Å². The summed E-state index contributed by atoms with van der Waals surface area (Å²) in [5.74, 6) is 0.609. The van der Waals surface area contributed by atoms with E-state index >= 15 is 0 Å². The highest BCUT2D eigenvalue weighted by molar-refractivity contribution is 6.51. The molecular weight excluding hydrogens is 396 g/mol. The fraction of sp³-hybridized carbons (Fsp3) is 0.0357. The van der Waals surface area contributed by atoms with E-state index in [2.05, 4.69) is 10.2 Å². The molecule has 0 fully saturated rings. The van der Waals surface area contributed by atoms with Crippen LogP contribution in [0.2, 0.25) is 0 Å². The summed E-state index contributed by atoms with van der Waals surface area (Å²) in [6.07, 6.45) is 1.63. The van der Waals surface area contributed by atoms with Gasteiger partial charge in [0.25, 0.3) is 0 Å². The summed E-state index contributed by atoms with van der Waals surface area (Å²) in [5.41, 5.74) is 3.58. The van der Waals surface area contributed by atoms with Crippen molar-refractivity contribution in [1.82, 2.24) is 0 Å². The van der Waals surface area contributed by atoms with Gasteiger partial charge in [-0.2, -0.15) is 5.10 Å². The van der Waals surface area contributed by atoms with E-state index in [0.717, 1.165) is 22.4 Å². The summed E-state index contributed by atoms with van der Waals surface area (Å²) in [6, 6.07) is 36.1. The Hall–Kier alpha value is -4.31. The van der Waals surface area contributed by atoms with Crippen LogP contribution in [0.5, 0.6) is 5.75 Å². The highest BCUT2D eigenvalue weighted by atomic mass is 16.5. The Kier molecular flexibility index (Phi) is 6.96. The van der Waals surface area contributed by atoms with E-state index in [4.69, 9.17) is 4.74 Å². The minimum absolute atomic E-state index is 0.168. The second-order valence-corrected chi connectivity index (χ2v) is 7.10. The van der Waals surface area contributed by atoms with E-state index in [1.807, 2.05) is 103 Å². The van der Waals surface area contributed by atoms with Gasteiger partial charge in [0.15, 0.2) is 0 Å². The molecule has 4 aromatic carbocycles. The molecule has 4 heteroatoms. The van der Waals surface area contributed by atoms with Crippen LogP contribution in [0.3, 0.4) is 0 Å². The van der Waals surface area contributed by atoms with Gasteiger partial charge in [0.2, 0.25) is 5.78 Å². The predicted octanol–water partition coefficient (Wildman–Crippen LogP) is 5.97. The molecule has 0 aliphatic carbocycles. The average molecular weight is 418 g/mol. The molecule has 156 valence electrons. The van der Waals surface area contributed by atoms with Crippen molar-refractivity contribution in [3.05, 3.63) is 138 Å². The molecule has 0 radical (unpaired) electrons. The summed E-state index contributed by atoms with van der Waals surface area (Å²) < 4.78 is 5.81. The van der Waals surface area contributed by atoms with Crippen molar-refractivity contribution < 1.29 is 9.53 Å². The van der Waals surface area contributed by atoms with Crippen LogP contribution in [0, 0.1) is 0 Å². The van der Waals surface area contributed by atoms with E-state index in [1.165, 1.54) is 0 Å². The standard InChI is InChI=1S/C28H22N2O2/c31-28(25-14-8-3-9-15-25)27(24-12-6-2-7-13-24)30-29-20-22-16-18-26(19-17-22)32-21-23-10-4-1-5-11-23/h1-20H,21H2/b29-20-,30-27-. The van der Waals surface area contributed by atoms with Crippen molar-refractivity contribution in [2.75, 3.05) is 0 Å². The van der Waals surface area contributed by atoms with Gasteiger partial charge in [-0.25, -0.2) is 0 Å². The third-order valence-electron chi connectivity index (χ3n) is 4.79. The van der Waals surface area contributed by atoms with Crippen LogP contribution in [0.1, 0.15) is 27.0 Å². The smallest absolute Gasteiger partial charge is 0.213 e. The fourth-order valence-electron chi connectivity index (χ4n) is 3.10. The SMILES string of the molecule is O=C(/C(=N\N=C/c1ccc(OCc2ccccc2)cc1)c1ccccc1)c1ccccc1. The van der Waals surface area contributed by atoms with Crippen molar-refractivity contribution in [1.29, 1.82) is 0 Å². The highest BCUT2D eigenvalue weighted by Crippen LogP contribution is 2.14. The maximum atomic E-state index is 13.0. The molecule has 0 saturated heterocycles. The molecule has 4 nitrogen and oxygen atoms in total. The topological polar surface area (TPSA) is 51.0 Å². The number of rotatable bonds is 8. The molecule has 0 aromatic heterocycles. The lowest BCUT2D eigenvalue weighted by Gasteiger charge is -2.06. The van der Waals surface area contributed by atoms with Gasteiger partial charge in [0.1, 0.15) is 18.1 Å². The van der Waals surface area contributed by atoms with Gasteiger partial charge in [-0.1, -0.05) is 91.0 Å². The second kappa shape index (κ2) is 10.6. The molecule has 0 atom stereocenters. The largest absolute Gasteiger partial charge is 0.489 e.